The van der Waals surface area contributed by atoms with Crippen molar-refractivity contribution in [1.29, 1.82) is 0 Å². The first-order chi connectivity index (χ1) is 7.60. The van der Waals surface area contributed by atoms with Crippen molar-refractivity contribution in [3.05, 3.63) is 29.3 Å². The number of halogens is 1. The lowest BCUT2D eigenvalue weighted by molar-refractivity contribution is -0.113. The summed E-state index contributed by atoms with van der Waals surface area (Å²) >= 11 is 5.39. The van der Waals surface area contributed by atoms with Crippen LogP contribution in [0.4, 0.5) is 5.69 Å². The van der Waals surface area contributed by atoms with Crippen LogP contribution in [0, 0.1) is 6.92 Å². The molecular weight excluding hydrogens is 230 g/mol. The summed E-state index contributed by atoms with van der Waals surface area (Å²) in [7, 11) is 1.29. The van der Waals surface area contributed by atoms with Crippen molar-refractivity contribution in [2.75, 3.05) is 18.3 Å². The van der Waals surface area contributed by atoms with Gasteiger partial charge in [0.25, 0.3) is 0 Å². The number of ether oxygens (including phenoxy) is 1. The number of para-hydroxylation sites is 1. The van der Waals surface area contributed by atoms with Crippen molar-refractivity contribution in [3.63, 3.8) is 0 Å². The number of rotatable bonds is 3. The molecule has 0 unspecified atom stereocenters. The number of aryl methyl sites for hydroxylation is 1. The van der Waals surface area contributed by atoms with Gasteiger partial charge >= 0.3 is 5.97 Å². The summed E-state index contributed by atoms with van der Waals surface area (Å²) in [6, 6.07) is 5.09. The molecule has 0 saturated carbocycles. The molecule has 0 aliphatic heterocycles. The second-order valence-electron chi connectivity index (χ2n) is 3.17. The van der Waals surface area contributed by atoms with Gasteiger partial charge in [-0.25, -0.2) is 4.79 Å². The number of carbonyl (C=O) groups is 2. The molecule has 0 aliphatic carbocycles. The van der Waals surface area contributed by atoms with Crippen molar-refractivity contribution in [3.8, 4) is 0 Å². The number of alkyl halides is 1. The first-order valence-corrected chi connectivity index (χ1v) is 5.17. The summed E-state index contributed by atoms with van der Waals surface area (Å²) in [6.07, 6.45) is 0. The molecule has 0 atom stereocenters. The third-order valence-corrected chi connectivity index (χ3v) is 2.31. The third-order valence-electron chi connectivity index (χ3n) is 2.06. The van der Waals surface area contributed by atoms with Gasteiger partial charge in [0.1, 0.15) is 5.88 Å². The molecule has 1 amide bonds. The molecule has 1 aromatic carbocycles. The second kappa shape index (κ2) is 5.51. The fourth-order valence-electron chi connectivity index (χ4n) is 1.29. The first-order valence-electron chi connectivity index (χ1n) is 4.64. The van der Waals surface area contributed by atoms with Crippen LogP contribution in [0.3, 0.4) is 0 Å². The Hall–Kier alpha value is -1.55. The molecule has 1 aromatic rings. The van der Waals surface area contributed by atoms with E-state index in [1.165, 1.54) is 7.11 Å². The number of amides is 1. The number of methoxy groups -OCH3 is 1. The summed E-state index contributed by atoms with van der Waals surface area (Å²) in [4.78, 5) is 22.7. The van der Waals surface area contributed by atoms with Crippen LogP contribution in [0.15, 0.2) is 18.2 Å². The maximum Gasteiger partial charge on any atom is 0.339 e. The van der Waals surface area contributed by atoms with Crippen molar-refractivity contribution in [2.24, 2.45) is 0 Å². The van der Waals surface area contributed by atoms with E-state index in [2.05, 4.69) is 10.1 Å². The van der Waals surface area contributed by atoms with Crippen molar-refractivity contribution in [2.45, 2.75) is 6.92 Å². The standard InChI is InChI=1S/C11H12ClNO3/c1-7-4-3-5-8(11(15)16-2)10(7)13-9(14)6-12/h3-5H,6H2,1-2H3,(H,13,14). The van der Waals surface area contributed by atoms with Gasteiger partial charge in [0.05, 0.1) is 18.4 Å². The molecule has 0 heterocycles. The van der Waals surface area contributed by atoms with E-state index in [-0.39, 0.29) is 11.8 Å². The lowest BCUT2D eigenvalue weighted by Crippen LogP contribution is -2.17. The number of hydrogen-bond acceptors (Lipinski definition) is 3. The van der Waals surface area contributed by atoms with Gasteiger partial charge < -0.3 is 10.1 Å². The summed E-state index contributed by atoms with van der Waals surface area (Å²) in [5.74, 6) is -1.01. The van der Waals surface area contributed by atoms with Gasteiger partial charge in [0, 0.05) is 0 Å². The van der Waals surface area contributed by atoms with E-state index < -0.39 is 5.97 Å². The molecule has 4 nitrogen and oxygen atoms in total. The highest BCUT2D eigenvalue weighted by molar-refractivity contribution is 6.29. The molecular formula is C11H12ClNO3. The maximum atomic E-state index is 11.4. The number of hydrogen-bond donors (Lipinski definition) is 1. The average Bonchev–Trinajstić information content (AvgIpc) is 2.30. The summed E-state index contributed by atoms with van der Waals surface area (Å²) in [6.45, 7) is 1.79. The zero-order valence-corrected chi connectivity index (χ0v) is 9.80. The van der Waals surface area contributed by atoms with E-state index in [4.69, 9.17) is 11.6 Å². The van der Waals surface area contributed by atoms with Crippen LogP contribution in [0.25, 0.3) is 0 Å². The van der Waals surface area contributed by atoms with E-state index in [0.29, 0.717) is 11.3 Å². The van der Waals surface area contributed by atoms with E-state index in [1.54, 1.807) is 25.1 Å². The summed E-state index contributed by atoms with van der Waals surface area (Å²) in [5.41, 5.74) is 1.54. The van der Waals surface area contributed by atoms with E-state index in [1.807, 2.05) is 0 Å². The molecule has 1 rings (SSSR count). The van der Waals surface area contributed by atoms with E-state index in [9.17, 15) is 9.59 Å². The van der Waals surface area contributed by atoms with Crippen LogP contribution in [0.1, 0.15) is 15.9 Å². The predicted octanol–water partition coefficient (Wildman–Crippen LogP) is 1.96. The Morgan fingerprint density at radius 2 is 2.12 bits per heavy atom. The SMILES string of the molecule is COC(=O)c1cccc(C)c1NC(=O)CCl. The highest BCUT2D eigenvalue weighted by Crippen LogP contribution is 2.21. The predicted molar refractivity (Wildman–Crippen MR) is 61.9 cm³/mol. The Morgan fingerprint density at radius 3 is 2.69 bits per heavy atom. The zero-order chi connectivity index (χ0) is 12.1. The molecule has 0 radical (unpaired) electrons. The number of esters is 1. The monoisotopic (exact) mass is 241 g/mol. The zero-order valence-electron chi connectivity index (χ0n) is 9.04. The number of anilines is 1. The van der Waals surface area contributed by atoms with Crippen molar-refractivity contribution in [1.82, 2.24) is 0 Å². The molecule has 86 valence electrons. The quantitative estimate of drug-likeness (QED) is 0.650. The molecule has 0 fully saturated rings. The molecule has 0 saturated heterocycles. The minimum absolute atomic E-state index is 0.158. The fourth-order valence-corrected chi connectivity index (χ4v) is 1.35. The van der Waals surface area contributed by atoms with Gasteiger partial charge in [-0.1, -0.05) is 12.1 Å². The van der Waals surface area contributed by atoms with Crippen molar-refractivity contribution < 1.29 is 14.3 Å². The normalized spacial score (nSPS) is 9.69. The highest BCUT2D eigenvalue weighted by atomic mass is 35.5. The topological polar surface area (TPSA) is 55.4 Å². The Kier molecular flexibility index (Phi) is 4.31. The van der Waals surface area contributed by atoms with E-state index in [0.717, 1.165) is 5.56 Å². The van der Waals surface area contributed by atoms with Crippen LogP contribution in [0.2, 0.25) is 0 Å². The molecule has 0 bridgehead atoms. The molecule has 5 heteroatoms. The fraction of sp³-hybridized carbons (Fsp3) is 0.273. The van der Waals surface area contributed by atoms with Gasteiger partial charge in [0.2, 0.25) is 5.91 Å². The van der Waals surface area contributed by atoms with Gasteiger partial charge in [-0.05, 0) is 18.6 Å². The number of benzene rings is 1. The van der Waals surface area contributed by atoms with Crippen LogP contribution in [-0.4, -0.2) is 24.9 Å². The smallest absolute Gasteiger partial charge is 0.339 e. The van der Waals surface area contributed by atoms with Gasteiger partial charge in [-0.3, -0.25) is 4.79 Å². The molecule has 1 N–H and O–H groups in total. The van der Waals surface area contributed by atoms with Crippen LogP contribution in [0.5, 0.6) is 0 Å². The Bertz CT molecular complexity index is 418. The Labute approximate surface area is 98.5 Å². The average molecular weight is 242 g/mol. The third kappa shape index (κ3) is 2.73. The largest absolute Gasteiger partial charge is 0.465 e. The lowest BCUT2D eigenvalue weighted by atomic mass is 10.1. The molecule has 0 spiro atoms. The minimum Gasteiger partial charge on any atom is -0.465 e. The van der Waals surface area contributed by atoms with Gasteiger partial charge in [0.15, 0.2) is 0 Å². The summed E-state index contributed by atoms with van der Waals surface area (Å²) < 4.78 is 4.62. The van der Waals surface area contributed by atoms with E-state index >= 15 is 0 Å². The first kappa shape index (κ1) is 12.5. The van der Waals surface area contributed by atoms with Crippen LogP contribution < -0.4 is 5.32 Å². The molecule has 0 aliphatic rings. The lowest BCUT2D eigenvalue weighted by Gasteiger charge is -2.11. The minimum atomic E-state index is -0.492. The van der Waals surface area contributed by atoms with Gasteiger partial charge in [-0.2, -0.15) is 0 Å². The summed E-state index contributed by atoms with van der Waals surface area (Å²) in [5, 5.41) is 2.57. The number of nitrogens with one attached hydrogen (secondary N) is 1. The van der Waals surface area contributed by atoms with Crippen LogP contribution in [-0.2, 0) is 9.53 Å². The molecule has 0 aromatic heterocycles. The van der Waals surface area contributed by atoms with Crippen LogP contribution >= 0.6 is 11.6 Å². The highest BCUT2D eigenvalue weighted by Gasteiger charge is 2.15. The number of carbonyl (C=O) groups excluding carboxylic acids is 2. The van der Waals surface area contributed by atoms with Gasteiger partial charge in [-0.15, -0.1) is 11.6 Å². The Morgan fingerprint density at radius 1 is 1.44 bits per heavy atom. The van der Waals surface area contributed by atoms with Crippen molar-refractivity contribution >= 4 is 29.2 Å². The maximum absolute atomic E-state index is 11.4. The molecule has 16 heavy (non-hydrogen) atoms. The second-order valence-corrected chi connectivity index (χ2v) is 3.44. The Balaban J connectivity index is 3.13.